The fourth-order valence-electron chi connectivity index (χ4n) is 2.62. The monoisotopic (exact) mass is 496 g/mol. The number of carbonyl (C=O) groups excluding carboxylic acids is 1. The second kappa shape index (κ2) is 9.45. The van der Waals surface area contributed by atoms with Gasteiger partial charge in [-0.05, 0) is 51.3 Å². The first kappa shape index (κ1) is 23.0. The smallest absolute Gasteiger partial charge is 0.428 e. The van der Waals surface area contributed by atoms with Gasteiger partial charge in [-0.15, -0.1) is 3.89 Å². The van der Waals surface area contributed by atoms with Crippen LogP contribution < -0.4 is 0 Å². The lowest BCUT2D eigenvalue weighted by molar-refractivity contribution is -0.122. The molecule has 2 aliphatic rings. The van der Waals surface area contributed by atoms with Gasteiger partial charge in [-0.1, -0.05) is 27.7 Å². The number of halogens is 3. The number of nitrogens with zero attached hydrogens (tertiary/aromatic N) is 2. The molecule has 28 heavy (non-hydrogen) atoms. The maximum Gasteiger partial charge on any atom is 0.428 e. The highest BCUT2D eigenvalue weighted by atomic mass is 79.9. The van der Waals surface area contributed by atoms with Gasteiger partial charge in [0.05, 0.1) is 6.04 Å². The third-order valence-electron chi connectivity index (χ3n) is 3.77. The molecule has 3 atom stereocenters. The number of thioether (sulfide) groups is 1. The van der Waals surface area contributed by atoms with Crippen LogP contribution in [0.2, 0.25) is 0 Å². The quantitative estimate of drug-likeness (QED) is 0.424. The summed E-state index contributed by atoms with van der Waals surface area (Å²) in [6, 6.07) is 4.25. The maximum atomic E-state index is 14.3. The van der Waals surface area contributed by atoms with Gasteiger partial charge in [-0.3, -0.25) is 9.79 Å². The van der Waals surface area contributed by atoms with E-state index in [1.54, 1.807) is 32.9 Å². The van der Waals surface area contributed by atoms with E-state index >= 15 is 0 Å². The van der Waals surface area contributed by atoms with Crippen LogP contribution in [0.4, 0.5) is 13.1 Å². The molecule has 0 bridgehead atoms. The molecule has 1 saturated carbocycles. The minimum absolute atomic E-state index is 0.197. The summed E-state index contributed by atoms with van der Waals surface area (Å²) >= 11 is 4.43. The molecule has 3 unspecified atom stereocenters. The first-order chi connectivity index (χ1) is 13.1. The van der Waals surface area contributed by atoms with E-state index in [-0.39, 0.29) is 41.0 Å². The van der Waals surface area contributed by atoms with Crippen LogP contribution in [-0.4, -0.2) is 38.0 Å². The summed E-state index contributed by atoms with van der Waals surface area (Å²) in [5, 5.41) is 7.30. The van der Waals surface area contributed by atoms with Crippen molar-refractivity contribution < 1.29 is 27.7 Å². The Labute approximate surface area is 178 Å². The molecular formula is C17H19BrF2N2O4S2. The van der Waals surface area contributed by atoms with E-state index < -0.39 is 17.7 Å². The number of ether oxygens (including phenoxy) is 1. The first-order valence-electron chi connectivity index (χ1n) is 8.20. The molecule has 0 radical (unpaired) electrons. The maximum absolute atomic E-state index is 14.3. The molecule has 1 fully saturated rings. The minimum Gasteiger partial charge on any atom is -0.483 e. The normalized spacial score (nSPS) is 22.8. The summed E-state index contributed by atoms with van der Waals surface area (Å²) in [5.41, 5.74) is -0.296. The molecule has 6 nitrogen and oxygen atoms in total. The lowest BCUT2D eigenvalue weighted by Crippen LogP contribution is -2.36. The van der Waals surface area contributed by atoms with E-state index in [0.717, 1.165) is 15.2 Å². The van der Waals surface area contributed by atoms with Gasteiger partial charge < -0.3 is 9.84 Å². The Morgan fingerprint density at radius 1 is 1.50 bits per heavy atom. The fraction of sp³-hybridized carbons (Fsp3) is 0.471. The summed E-state index contributed by atoms with van der Waals surface area (Å²) in [7, 11) is 0. The van der Waals surface area contributed by atoms with Gasteiger partial charge in [-0.25, -0.2) is 9.18 Å². The van der Waals surface area contributed by atoms with Gasteiger partial charge >= 0.3 is 6.09 Å². The van der Waals surface area contributed by atoms with E-state index in [9.17, 15) is 13.1 Å². The topological polar surface area (TPSA) is 79.2 Å². The van der Waals surface area contributed by atoms with E-state index in [2.05, 4.69) is 20.9 Å². The van der Waals surface area contributed by atoms with Crippen LogP contribution in [0.1, 0.15) is 38.8 Å². The Morgan fingerprint density at radius 3 is 2.71 bits per heavy atom. The lowest BCUT2D eigenvalue weighted by atomic mass is 10.0. The van der Waals surface area contributed by atoms with Crippen molar-refractivity contribution in [2.75, 3.05) is 0 Å². The van der Waals surface area contributed by atoms with Crippen molar-refractivity contribution in [2.24, 2.45) is 10.9 Å². The number of carboxylic acid groups (broad SMARTS) is 1. The second-order valence-electron chi connectivity index (χ2n) is 7.03. The molecule has 1 aliphatic carbocycles. The van der Waals surface area contributed by atoms with Gasteiger partial charge in [0.1, 0.15) is 11.4 Å². The predicted molar refractivity (Wildman–Crippen MR) is 109 cm³/mol. The Balaban J connectivity index is 0.000000878. The van der Waals surface area contributed by atoms with Crippen molar-refractivity contribution in [3.63, 3.8) is 0 Å². The zero-order valence-corrected chi connectivity index (χ0v) is 18.5. The third kappa shape index (κ3) is 5.84. The molecule has 3 rings (SSSR count). The van der Waals surface area contributed by atoms with Gasteiger partial charge in [0.15, 0.2) is 17.5 Å². The van der Waals surface area contributed by atoms with Crippen LogP contribution in [0, 0.1) is 11.7 Å². The van der Waals surface area contributed by atoms with E-state index in [4.69, 9.17) is 14.6 Å². The molecule has 1 N–H and O–H groups in total. The minimum atomic E-state index is -0.821. The molecule has 0 aromatic heterocycles. The summed E-state index contributed by atoms with van der Waals surface area (Å²) in [4.78, 5) is 25.1. The van der Waals surface area contributed by atoms with Crippen LogP contribution >= 0.6 is 40.0 Å². The Bertz CT molecular complexity index is 776. The zero-order valence-electron chi connectivity index (χ0n) is 15.3. The molecular weight excluding hydrogens is 478 g/mol. The molecule has 1 aromatic rings. The van der Waals surface area contributed by atoms with E-state index in [1.807, 2.05) is 0 Å². The molecule has 11 heteroatoms. The zero-order chi connectivity index (χ0) is 21.1. The fourth-order valence-corrected chi connectivity index (χ4v) is 4.67. The third-order valence-corrected chi connectivity index (χ3v) is 6.18. The van der Waals surface area contributed by atoms with E-state index in [1.165, 1.54) is 17.8 Å². The number of hydrogen-bond acceptors (Lipinski definition) is 6. The largest absolute Gasteiger partial charge is 0.483 e. The Morgan fingerprint density at radius 2 is 2.14 bits per heavy atom. The average Bonchev–Trinajstić information content (AvgIpc) is 3.36. The van der Waals surface area contributed by atoms with Crippen molar-refractivity contribution in [3.05, 3.63) is 34.1 Å². The summed E-state index contributed by atoms with van der Waals surface area (Å²) in [5.74, 6) is -0.159. The molecule has 1 aliphatic heterocycles. The molecule has 0 spiro atoms. The number of benzene rings is 1. The van der Waals surface area contributed by atoms with Gasteiger partial charge in [0.2, 0.25) is 0 Å². The van der Waals surface area contributed by atoms with Gasteiger partial charge in [0, 0.05) is 15.3 Å². The molecule has 1 heterocycles. The molecule has 0 saturated heterocycles. The number of aliphatic imine (C=N–C) groups is 1. The second-order valence-corrected chi connectivity index (χ2v) is 9.65. The van der Waals surface area contributed by atoms with Crippen LogP contribution in [-0.2, 0) is 9.53 Å². The highest BCUT2D eigenvalue weighted by Crippen LogP contribution is 2.56. The number of amides is 1. The van der Waals surface area contributed by atoms with Crippen molar-refractivity contribution in [1.29, 1.82) is 0 Å². The van der Waals surface area contributed by atoms with Gasteiger partial charge in [-0.2, -0.15) is 4.31 Å². The predicted octanol–water partition coefficient (Wildman–Crippen LogP) is 5.59. The van der Waals surface area contributed by atoms with Crippen molar-refractivity contribution >= 4 is 57.8 Å². The lowest BCUT2D eigenvalue weighted by Gasteiger charge is -2.27. The van der Waals surface area contributed by atoms with Gasteiger partial charge in [0.25, 0.3) is 6.47 Å². The van der Waals surface area contributed by atoms with Crippen LogP contribution in [0.25, 0.3) is 0 Å². The summed E-state index contributed by atoms with van der Waals surface area (Å²) < 4.78 is 34.5. The van der Waals surface area contributed by atoms with Crippen molar-refractivity contribution in [3.8, 4) is 0 Å². The first-order valence-corrected chi connectivity index (χ1v) is 10.5. The number of amidine groups is 1. The molecule has 154 valence electrons. The van der Waals surface area contributed by atoms with E-state index in [0.29, 0.717) is 5.56 Å². The SMILES string of the molecule is CC(C)(C)OC(=O)N(SF)C1=NC(c2cc(Br)ccc2F)C2CC2S1.O=CO. The highest BCUT2D eigenvalue weighted by molar-refractivity contribution is 9.10. The summed E-state index contributed by atoms with van der Waals surface area (Å²) in [6.07, 6.45) is 0.0340. The van der Waals surface area contributed by atoms with Crippen LogP contribution in [0.15, 0.2) is 27.7 Å². The van der Waals surface area contributed by atoms with Crippen LogP contribution in [0.5, 0.6) is 0 Å². The number of rotatable bonds is 2. The number of fused-ring (bicyclic) bond motifs is 1. The molecule has 1 aromatic carbocycles. The number of hydrogen-bond donors (Lipinski definition) is 1. The van der Waals surface area contributed by atoms with Crippen molar-refractivity contribution in [2.45, 2.75) is 44.1 Å². The standard InChI is InChI=1S/C16H17BrF2N2O2S2.CH2O2/c1-16(2,3)23-15(22)21(25-19)14-20-13(10-7-12(10)24-14)9-6-8(17)4-5-11(9)18;2-1-3/h4-6,10,12-13H,7H2,1-3H3;1H,(H,2,3). The Hall–Kier alpha value is -1.33. The highest BCUT2D eigenvalue weighted by Gasteiger charge is 2.50. The average molecular weight is 497 g/mol. The number of carbonyl (C=O) groups is 2. The molecule has 1 amide bonds. The Kier molecular flexibility index (Phi) is 7.74. The van der Waals surface area contributed by atoms with Crippen LogP contribution in [0.3, 0.4) is 0 Å². The summed E-state index contributed by atoms with van der Waals surface area (Å²) in [6.45, 7) is 4.87. The van der Waals surface area contributed by atoms with Crippen molar-refractivity contribution in [1.82, 2.24) is 4.31 Å².